The van der Waals surface area contributed by atoms with Gasteiger partial charge in [0.2, 0.25) is 0 Å². The molecule has 88 valence electrons. The molecule has 0 saturated carbocycles. The minimum Gasteiger partial charge on any atom is -0.394 e. The van der Waals surface area contributed by atoms with E-state index in [1.165, 1.54) is 6.08 Å². The van der Waals surface area contributed by atoms with E-state index < -0.39 is 18.4 Å². The highest BCUT2D eigenvalue weighted by Crippen LogP contribution is 2.25. The maximum absolute atomic E-state index is 11.0. The lowest BCUT2D eigenvalue weighted by atomic mass is 10.2. The lowest BCUT2D eigenvalue weighted by Gasteiger charge is -2.30. The van der Waals surface area contributed by atoms with Crippen molar-refractivity contribution in [2.24, 2.45) is 0 Å². The summed E-state index contributed by atoms with van der Waals surface area (Å²) in [5.41, 5.74) is 0. The number of hydrogen-bond donors (Lipinski definition) is 3. The molecule has 6 heteroatoms. The van der Waals surface area contributed by atoms with E-state index in [4.69, 9.17) is 9.84 Å². The third-order valence-electron chi connectivity index (χ3n) is 2.66. The highest BCUT2D eigenvalue weighted by molar-refractivity contribution is 5.89. The van der Waals surface area contributed by atoms with E-state index in [9.17, 15) is 9.90 Å². The lowest BCUT2D eigenvalue weighted by Crippen LogP contribution is -2.41. The smallest absolute Gasteiger partial charge is 0.250 e. The first-order valence-electron chi connectivity index (χ1n) is 5.02. The molecule has 3 atom stereocenters. The predicted octanol–water partition coefficient (Wildman–Crippen LogP) is -1.13. The molecule has 0 bridgehead atoms. The Balaban J connectivity index is 2.07. The molecule has 2 rings (SSSR count). The fourth-order valence-corrected chi connectivity index (χ4v) is 1.81. The van der Waals surface area contributed by atoms with Gasteiger partial charge < -0.3 is 25.2 Å². The van der Waals surface area contributed by atoms with Crippen molar-refractivity contribution in [3.63, 3.8) is 0 Å². The SMILES string of the molecule is C=C1NC(=O)C=CN1[C@H]1CC(O)[C@@H](CO)O1. The molecule has 3 N–H and O–H groups in total. The number of aliphatic hydroxyl groups excluding tert-OH is 2. The van der Waals surface area contributed by atoms with Crippen LogP contribution in [-0.2, 0) is 9.53 Å². The van der Waals surface area contributed by atoms with Gasteiger partial charge in [-0.3, -0.25) is 4.79 Å². The first kappa shape index (κ1) is 11.1. The summed E-state index contributed by atoms with van der Waals surface area (Å²) in [6.45, 7) is 3.46. The topological polar surface area (TPSA) is 82.0 Å². The molecule has 16 heavy (non-hydrogen) atoms. The average Bonchev–Trinajstić information content (AvgIpc) is 2.59. The third-order valence-corrected chi connectivity index (χ3v) is 2.66. The first-order chi connectivity index (χ1) is 7.61. The number of rotatable bonds is 2. The number of amides is 1. The summed E-state index contributed by atoms with van der Waals surface area (Å²) in [5, 5.41) is 21.1. The number of carbonyl (C=O) groups excluding carboxylic acids is 1. The van der Waals surface area contributed by atoms with Gasteiger partial charge in [-0.2, -0.15) is 0 Å². The van der Waals surface area contributed by atoms with E-state index in [2.05, 4.69) is 11.9 Å². The molecule has 6 nitrogen and oxygen atoms in total. The second-order valence-corrected chi connectivity index (χ2v) is 3.77. The van der Waals surface area contributed by atoms with Crippen molar-refractivity contribution in [1.82, 2.24) is 10.2 Å². The average molecular weight is 226 g/mol. The van der Waals surface area contributed by atoms with Crippen LogP contribution in [0.25, 0.3) is 0 Å². The van der Waals surface area contributed by atoms with Gasteiger partial charge in [-0.05, 0) is 0 Å². The van der Waals surface area contributed by atoms with Gasteiger partial charge in [0.25, 0.3) is 5.91 Å². The predicted molar refractivity (Wildman–Crippen MR) is 54.6 cm³/mol. The minimum atomic E-state index is -0.700. The fourth-order valence-electron chi connectivity index (χ4n) is 1.81. The Kier molecular flexibility index (Phi) is 2.95. The maximum Gasteiger partial charge on any atom is 0.250 e. The van der Waals surface area contributed by atoms with E-state index >= 15 is 0 Å². The largest absolute Gasteiger partial charge is 0.394 e. The molecule has 1 unspecified atom stereocenters. The second-order valence-electron chi connectivity index (χ2n) is 3.77. The molecule has 2 heterocycles. The molecule has 0 aromatic rings. The molecule has 2 aliphatic rings. The van der Waals surface area contributed by atoms with Gasteiger partial charge in [0, 0.05) is 18.7 Å². The van der Waals surface area contributed by atoms with Crippen LogP contribution in [-0.4, -0.2) is 46.1 Å². The van der Waals surface area contributed by atoms with Crippen molar-refractivity contribution in [3.05, 3.63) is 24.7 Å². The van der Waals surface area contributed by atoms with Crippen LogP contribution >= 0.6 is 0 Å². The van der Waals surface area contributed by atoms with Crippen LogP contribution in [0.1, 0.15) is 6.42 Å². The summed E-state index contributed by atoms with van der Waals surface area (Å²) in [4.78, 5) is 12.6. The van der Waals surface area contributed by atoms with Gasteiger partial charge in [-0.1, -0.05) is 6.58 Å². The van der Waals surface area contributed by atoms with E-state index in [0.29, 0.717) is 12.2 Å². The zero-order chi connectivity index (χ0) is 11.7. The highest BCUT2D eigenvalue weighted by Gasteiger charge is 2.37. The van der Waals surface area contributed by atoms with Crippen LogP contribution in [0.5, 0.6) is 0 Å². The van der Waals surface area contributed by atoms with Crippen LogP contribution in [0.3, 0.4) is 0 Å². The second kappa shape index (κ2) is 4.25. The molecule has 0 aromatic heterocycles. The van der Waals surface area contributed by atoms with Crippen molar-refractivity contribution in [2.45, 2.75) is 24.9 Å². The van der Waals surface area contributed by atoms with Gasteiger partial charge >= 0.3 is 0 Å². The van der Waals surface area contributed by atoms with Crippen LogP contribution in [0.15, 0.2) is 24.7 Å². The highest BCUT2D eigenvalue weighted by atomic mass is 16.5. The van der Waals surface area contributed by atoms with E-state index in [1.54, 1.807) is 11.1 Å². The molecule has 1 saturated heterocycles. The summed E-state index contributed by atoms with van der Waals surface area (Å²) in [7, 11) is 0. The Labute approximate surface area is 92.8 Å². The van der Waals surface area contributed by atoms with Gasteiger partial charge in [-0.25, -0.2) is 0 Å². The van der Waals surface area contributed by atoms with E-state index in [1.807, 2.05) is 0 Å². The van der Waals surface area contributed by atoms with Gasteiger partial charge in [0.05, 0.1) is 12.7 Å². The van der Waals surface area contributed by atoms with Crippen molar-refractivity contribution in [2.75, 3.05) is 6.61 Å². The summed E-state index contributed by atoms with van der Waals surface area (Å²) < 4.78 is 5.43. The van der Waals surface area contributed by atoms with Gasteiger partial charge in [-0.15, -0.1) is 0 Å². The molecule has 1 fully saturated rings. The lowest BCUT2D eigenvalue weighted by molar-refractivity contribution is -0.117. The van der Waals surface area contributed by atoms with Gasteiger partial charge in [0.15, 0.2) is 0 Å². The molecule has 0 aromatic carbocycles. The first-order valence-corrected chi connectivity index (χ1v) is 5.02. The van der Waals surface area contributed by atoms with E-state index in [0.717, 1.165) is 0 Å². The molecule has 0 spiro atoms. The van der Waals surface area contributed by atoms with Crippen molar-refractivity contribution in [1.29, 1.82) is 0 Å². The molecule has 0 radical (unpaired) electrons. The van der Waals surface area contributed by atoms with E-state index in [-0.39, 0.29) is 12.5 Å². The monoisotopic (exact) mass is 226 g/mol. The quantitative estimate of drug-likeness (QED) is 0.555. The maximum atomic E-state index is 11.0. The Hall–Kier alpha value is -1.37. The normalized spacial score (nSPS) is 34.4. The van der Waals surface area contributed by atoms with Gasteiger partial charge in [0.1, 0.15) is 18.2 Å². The summed E-state index contributed by atoms with van der Waals surface area (Å²) >= 11 is 0. The Morgan fingerprint density at radius 1 is 1.69 bits per heavy atom. The van der Waals surface area contributed by atoms with Crippen LogP contribution in [0.2, 0.25) is 0 Å². The molecule has 1 amide bonds. The number of carbonyl (C=O) groups is 1. The Morgan fingerprint density at radius 3 is 3.00 bits per heavy atom. The molecular formula is C10H14N2O4. The van der Waals surface area contributed by atoms with Crippen LogP contribution in [0.4, 0.5) is 0 Å². The Morgan fingerprint density at radius 2 is 2.44 bits per heavy atom. The van der Waals surface area contributed by atoms with Crippen LogP contribution in [0, 0.1) is 0 Å². The molecule has 2 aliphatic heterocycles. The zero-order valence-corrected chi connectivity index (χ0v) is 8.67. The zero-order valence-electron chi connectivity index (χ0n) is 8.67. The third kappa shape index (κ3) is 1.95. The number of nitrogens with zero attached hydrogens (tertiary/aromatic N) is 1. The number of aliphatic hydroxyl groups is 2. The van der Waals surface area contributed by atoms with Crippen molar-refractivity contribution in [3.8, 4) is 0 Å². The summed E-state index contributed by atoms with van der Waals surface area (Å²) in [6, 6.07) is 0. The number of nitrogens with one attached hydrogen (secondary N) is 1. The number of ether oxygens (including phenoxy) is 1. The fraction of sp³-hybridized carbons (Fsp3) is 0.500. The molecular weight excluding hydrogens is 212 g/mol. The molecule has 0 aliphatic carbocycles. The van der Waals surface area contributed by atoms with Crippen LogP contribution < -0.4 is 5.32 Å². The van der Waals surface area contributed by atoms with Crippen molar-refractivity contribution >= 4 is 5.91 Å². The standard InChI is InChI=1S/C10H14N2O4/c1-6-11-9(15)2-3-12(6)10-4-7(14)8(5-13)16-10/h2-3,7-8,10,13-14H,1,4-5H2,(H,11,15)/t7?,8-,10-/m1/s1. The summed E-state index contributed by atoms with van der Waals surface area (Å²) in [5.74, 6) is 0.168. The minimum absolute atomic E-state index is 0.228. The summed E-state index contributed by atoms with van der Waals surface area (Å²) in [6.07, 6.45) is 1.59. The number of hydrogen-bond acceptors (Lipinski definition) is 5. The van der Waals surface area contributed by atoms with Crippen molar-refractivity contribution < 1.29 is 19.7 Å². The Bertz CT molecular complexity index is 342.